The van der Waals surface area contributed by atoms with E-state index in [1.807, 2.05) is 49.4 Å². The molecule has 0 unspecified atom stereocenters. The van der Waals surface area contributed by atoms with E-state index in [0.717, 1.165) is 18.5 Å². The molecule has 0 aliphatic heterocycles. The third-order valence-electron chi connectivity index (χ3n) is 3.39. The van der Waals surface area contributed by atoms with Crippen molar-refractivity contribution in [3.05, 3.63) is 65.2 Å². The molecule has 0 aromatic heterocycles. The summed E-state index contributed by atoms with van der Waals surface area (Å²) in [5.41, 5.74) is 2.23. The highest BCUT2D eigenvalue weighted by Gasteiger charge is 2.13. The van der Waals surface area contributed by atoms with Crippen molar-refractivity contribution in [1.82, 2.24) is 0 Å². The summed E-state index contributed by atoms with van der Waals surface area (Å²) in [7, 11) is 0. The highest BCUT2D eigenvalue weighted by Crippen LogP contribution is 2.16. The molecule has 0 radical (unpaired) electrons. The first kappa shape index (κ1) is 14.9. The zero-order valence-corrected chi connectivity index (χ0v) is 12.3. The van der Waals surface area contributed by atoms with Crippen molar-refractivity contribution < 1.29 is 5.11 Å². The molecule has 2 aromatic rings. The molecule has 0 bridgehead atoms. The number of hydrogen-bond donors (Lipinski definition) is 2. The van der Waals surface area contributed by atoms with E-state index in [9.17, 15) is 5.11 Å². The Bertz CT molecular complexity index is 512. The quantitative estimate of drug-likeness (QED) is 0.838. The fraction of sp³-hybridized carbons (Fsp3) is 0.294. The minimum atomic E-state index is -0.383. The van der Waals surface area contributed by atoms with Crippen LogP contribution in [0.1, 0.15) is 18.9 Å². The van der Waals surface area contributed by atoms with Crippen LogP contribution >= 0.6 is 11.6 Å². The highest BCUT2D eigenvalue weighted by molar-refractivity contribution is 6.30. The molecule has 2 rings (SSSR count). The summed E-state index contributed by atoms with van der Waals surface area (Å²) in [4.78, 5) is 0. The SMILES string of the molecule is C[C@@H](Nc1ccc(Cl)cc1)[C@H](O)CCc1ccccc1. The Hall–Kier alpha value is -1.51. The van der Waals surface area contributed by atoms with Gasteiger partial charge in [-0.15, -0.1) is 0 Å². The minimum Gasteiger partial charge on any atom is -0.391 e. The summed E-state index contributed by atoms with van der Waals surface area (Å²) < 4.78 is 0. The van der Waals surface area contributed by atoms with Gasteiger partial charge in [-0.2, -0.15) is 0 Å². The number of nitrogens with one attached hydrogen (secondary N) is 1. The molecule has 0 aliphatic carbocycles. The van der Waals surface area contributed by atoms with E-state index in [1.165, 1.54) is 5.56 Å². The predicted octanol–water partition coefficient (Wildman–Crippen LogP) is 4.13. The molecule has 0 amide bonds. The van der Waals surface area contributed by atoms with E-state index < -0.39 is 0 Å². The van der Waals surface area contributed by atoms with Crippen LogP contribution in [-0.2, 0) is 6.42 Å². The number of aryl methyl sites for hydroxylation is 1. The summed E-state index contributed by atoms with van der Waals surface area (Å²) in [5.74, 6) is 0. The van der Waals surface area contributed by atoms with E-state index in [2.05, 4.69) is 17.4 Å². The van der Waals surface area contributed by atoms with Crippen LogP contribution in [0.4, 0.5) is 5.69 Å². The first-order valence-electron chi connectivity index (χ1n) is 6.89. The van der Waals surface area contributed by atoms with Gasteiger partial charge in [0.15, 0.2) is 0 Å². The van der Waals surface area contributed by atoms with Crippen LogP contribution in [0, 0.1) is 0 Å². The molecule has 2 atom stereocenters. The van der Waals surface area contributed by atoms with E-state index in [1.54, 1.807) is 0 Å². The Morgan fingerprint density at radius 3 is 2.35 bits per heavy atom. The molecule has 0 fully saturated rings. The molecule has 0 heterocycles. The number of rotatable bonds is 6. The second-order valence-electron chi connectivity index (χ2n) is 5.03. The zero-order chi connectivity index (χ0) is 14.4. The lowest BCUT2D eigenvalue weighted by atomic mass is 10.0. The average Bonchev–Trinajstić information content (AvgIpc) is 2.48. The van der Waals surface area contributed by atoms with E-state index in [-0.39, 0.29) is 12.1 Å². The Labute approximate surface area is 125 Å². The number of benzene rings is 2. The lowest BCUT2D eigenvalue weighted by molar-refractivity contribution is 0.148. The Morgan fingerprint density at radius 1 is 1.05 bits per heavy atom. The topological polar surface area (TPSA) is 32.3 Å². The fourth-order valence-corrected chi connectivity index (χ4v) is 2.24. The van der Waals surface area contributed by atoms with Gasteiger partial charge < -0.3 is 10.4 Å². The third kappa shape index (κ3) is 4.55. The number of anilines is 1. The summed E-state index contributed by atoms with van der Waals surface area (Å²) in [6.07, 6.45) is 1.24. The van der Waals surface area contributed by atoms with Crippen molar-refractivity contribution in [2.75, 3.05) is 5.32 Å². The van der Waals surface area contributed by atoms with Crippen molar-refractivity contribution >= 4 is 17.3 Å². The number of hydrogen-bond acceptors (Lipinski definition) is 2. The largest absolute Gasteiger partial charge is 0.391 e. The molecular formula is C17H20ClNO. The average molecular weight is 290 g/mol. The summed E-state index contributed by atoms with van der Waals surface area (Å²) in [5, 5.41) is 14.2. The molecule has 2 nitrogen and oxygen atoms in total. The van der Waals surface area contributed by atoms with Gasteiger partial charge in [0, 0.05) is 16.8 Å². The summed E-state index contributed by atoms with van der Waals surface area (Å²) in [6.45, 7) is 1.99. The summed E-state index contributed by atoms with van der Waals surface area (Å²) >= 11 is 5.85. The van der Waals surface area contributed by atoms with E-state index >= 15 is 0 Å². The van der Waals surface area contributed by atoms with Gasteiger partial charge in [-0.1, -0.05) is 41.9 Å². The van der Waals surface area contributed by atoms with Gasteiger partial charge in [-0.25, -0.2) is 0 Å². The van der Waals surface area contributed by atoms with Gasteiger partial charge in [-0.05, 0) is 49.6 Å². The first-order chi connectivity index (χ1) is 9.65. The van der Waals surface area contributed by atoms with Gasteiger partial charge in [-0.3, -0.25) is 0 Å². The van der Waals surface area contributed by atoms with Crippen LogP contribution in [0.3, 0.4) is 0 Å². The Morgan fingerprint density at radius 2 is 1.70 bits per heavy atom. The lowest BCUT2D eigenvalue weighted by Crippen LogP contribution is -2.31. The smallest absolute Gasteiger partial charge is 0.0741 e. The first-order valence-corrected chi connectivity index (χ1v) is 7.27. The van der Waals surface area contributed by atoms with Gasteiger partial charge in [0.25, 0.3) is 0 Å². The third-order valence-corrected chi connectivity index (χ3v) is 3.64. The molecule has 106 valence electrons. The fourth-order valence-electron chi connectivity index (χ4n) is 2.11. The zero-order valence-electron chi connectivity index (χ0n) is 11.6. The maximum Gasteiger partial charge on any atom is 0.0741 e. The molecule has 0 aliphatic rings. The predicted molar refractivity (Wildman–Crippen MR) is 85.3 cm³/mol. The van der Waals surface area contributed by atoms with Gasteiger partial charge in [0.2, 0.25) is 0 Å². The van der Waals surface area contributed by atoms with Crippen molar-refractivity contribution in [3.63, 3.8) is 0 Å². The number of aliphatic hydroxyl groups is 1. The lowest BCUT2D eigenvalue weighted by Gasteiger charge is -2.21. The highest BCUT2D eigenvalue weighted by atomic mass is 35.5. The van der Waals surface area contributed by atoms with Crippen LogP contribution in [0.5, 0.6) is 0 Å². The number of halogens is 1. The monoisotopic (exact) mass is 289 g/mol. The van der Waals surface area contributed by atoms with Crippen LogP contribution < -0.4 is 5.32 Å². The molecule has 2 aromatic carbocycles. The molecule has 3 heteroatoms. The van der Waals surface area contributed by atoms with Crippen molar-refractivity contribution in [3.8, 4) is 0 Å². The van der Waals surface area contributed by atoms with Gasteiger partial charge in [0.1, 0.15) is 0 Å². The van der Waals surface area contributed by atoms with Crippen LogP contribution in [-0.4, -0.2) is 17.3 Å². The summed E-state index contributed by atoms with van der Waals surface area (Å²) in [6, 6.07) is 17.7. The standard InChI is InChI=1S/C17H20ClNO/c1-13(19-16-10-8-15(18)9-11-16)17(20)12-7-14-5-3-2-4-6-14/h2-6,8-11,13,17,19-20H,7,12H2,1H3/t13-,17-/m1/s1. The normalized spacial score (nSPS) is 13.8. The van der Waals surface area contributed by atoms with E-state index in [0.29, 0.717) is 5.02 Å². The second kappa shape index (κ2) is 7.32. The van der Waals surface area contributed by atoms with Crippen molar-refractivity contribution in [1.29, 1.82) is 0 Å². The molecule has 0 saturated heterocycles. The van der Waals surface area contributed by atoms with Gasteiger partial charge >= 0.3 is 0 Å². The second-order valence-corrected chi connectivity index (χ2v) is 5.47. The maximum absolute atomic E-state index is 10.2. The van der Waals surface area contributed by atoms with Crippen molar-refractivity contribution in [2.24, 2.45) is 0 Å². The molecule has 0 spiro atoms. The molecule has 20 heavy (non-hydrogen) atoms. The molecule has 0 saturated carbocycles. The van der Waals surface area contributed by atoms with Crippen molar-refractivity contribution in [2.45, 2.75) is 31.9 Å². The Balaban J connectivity index is 1.82. The molecular weight excluding hydrogens is 270 g/mol. The molecule has 2 N–H and O–H groups in total. The van der Waals surface area contributed by atoms with Crippen LogP contribution in [0.2, 0.25) is 5.02 Å². The minimum absolute atomic E-state index is 0.000104. The van der Waals surface area contributed by atoms with Gasteiger partial charge in [0.05, 0.1) is 6.10 Å². The Kier molecular flexibility index (Phi) is 5.45. The van der Waals surface area contributed by atoms with Crippen LogP contribution in [0.25, 0.3) is 0 Å². The van der Waals surface area contributed by atoms with E-state index in [4.69, 9.17) is 11.6 Å². The maximum atomic E-state index is 10.2. The van der Waals surface area contributed by atoms with Crippen LogP contribution in [0.15, 0.2) is 54.6 Å². The number of aliphatic hydroxyl groups excluding tert-OH is 1.